The smallest absolute Gasteiger partial charge is 0.0247 e. The van der Waals surface area contributed by atoms with Gasteiger partial charge in [0.2, 0.25) is 0 Å². The molecule has 1 rings (SSSR count). The second-order valence-corrected chi connectivity index (χ2v) is 5.83. The van der Waals surface area contributed by atoms with Gasteiger partial charge in [-0.3, -0.25) is 4.90 Å². The van der Waals surface area contributed by atoms with Crippen LogP contribution in [0.25, 0.3) is 0 Å². The quantitative estimate of drug-likeness (QED) is 0.677. The topological polar surface area (TPSA) is 32.5 Å². The Morgan fingerprint density at radius 3 is 2.19 bits per heavy atom. The molecule has 0 bridgehead atoms. The highest BCUT2D eigenvalue weighted by atomic mass is 15.2. The van der Waals surface area contributed by atoms with Gasteiger partial charge in [0.1, 0.15) is 0 Å². The summed E-state index contributed by atoms with van der Waals surface area (Å²) in [6, 6.07) is 0.627. The van der Waals surface area contributed by atoms with Crippen LogP contribution in [-0.4, -0.2) is 56.1 Å². The van der Waals surface area contributed by atoms with Crippen LogP contribution in [0.4, 0.5) is 0 Å². The molecule has 0 aromatic heterocycles. The van der Waals surface area contributed by atoms with Crippen LogP contribution < -0.4 is 5.73 Å². The van der Waals surface area contributed by atoms with Gasteiger partial charge >= 0.3 is 0 Å². The first-order chi connectivity index (χ1) is 7.54. The Balaban J connectivity index is 2.46. The summed E-state index contributed by atoms with van der Waals surface area (Å²) >= 11 is 0. The number of likely N-dealkylation sites (N-methyl/N-ethyl adjacent to an activating group) is 1. The Bertz CT molecular complexity index is 188. The number of nitrogens with two attached hydrogens (primary N) is 1. The van der Waals surface area contributed by atoms with Gasteiger partial charge in [-0.15, -0.1) is 0 Å². The number of nitrogens with zero attached hydrogens (tertiary/aromatic N) is 2. The Morgan fingerprint density at radius 2 is 1.81 bits per heavy atom. The molecule has 96 valence electrons. The van der Waals surface area contributed by atoms with Crippen LogP contribution >= 0.6 is 0 Å². The van der Waals surface area contributed by atoms with Gasteiger partial charge in [0.15, 0.2) is 0 Å². The van der Waals surface area contributed by atoms with Crippen LogP contribution in [0.5, 0.6) is 0 Å². The van der Waals surface area contributed by atoms with Crippen molar-refractivity contribution >= 4 is 0 Å². The highest BCUT2D eigenvalue weighted by Gasteiger charge is 2.34. The van der Waals surface area contributed by atoms with Crippen molar-refractivity contribution in [1.29, 1.82) is 0 Å². The molecule has 0 spiro atoms. The second-order valence-electron chi connectivity index (χ2n) is 5.83. The van der Waals surface area contributed by atoms with E-state index in [2.05, 4.69) is 37.7 Å². The van der Waals surface area contributed by atoms with E-state index >= 15 is 0 Å². The fourth-order valence-corrected chi connectivity index (χ4v) is 2.31. The third kappa shape index (κ3) is 4.81. The van der Waals surface area contributed by atoms with Crippen molar-refractivity contribution in [3.05, 3.63) is 0 Å². The Morgan fingerprint density at radius 1 is 1.19 bits per heavy atom. The van der Waals surface area contributed by atoms with Crippen LogP contribution in [0.1, 0.15) is 26.7 Å². The normalized spacial score (nSPS) is 18.8. The molecular weight excluding hydrogens is 198 g/mol. The molecule has 0 aromatic carbocycles. The average Bonchev–Trinajstić information content (AvgIpc) is 2.98. The summed E-state index contributed by atoms with van der Waals surface area (Å²) in [6.07, 6.45) is 2.77. The first-order valence-corrected chi connectivity index (χ1v) is 6.63. The lowest BCUT2D eigenvalue weighted by molar-refractivity contribution is 0.148. The van der Waals surface area contributed by atoms with E-state index in [1.165, 1.54) is 19.4 Å². The van der Waals surface area contributed by atoms with Gasteiger partial charge < -0.3 is 10.6 Å². The maximum absolute atomic E-state index is 5.94. The van der Waals surface area contributed by atoms with Crippen LogP contribution in [0.15, 0.2) is 0 Å². The Labute approximate surface area is 101 Å². The molecule has 0 aliphatic heterocycles. The maximum atomic E-state index is 5.94. The monoisotopic (exact) mass is 227 g/mol. The minimum absolute atomic E-state index is 0.627. The summed E-state index contributed by atoms with van der Waals surface area (Å²) in [7, 11) is 4.28. The van der Waals surface area contributed by atoms with E-state index in [1.54, 1.807) is 0 Å². The van der Waals surface area contributed by atoms with E-state index in [0.29, 0.717) is 6.04 Å². The minimum Gasteiger partial charge on any atom is -0.329 e. The van der Waals surface area contributed by atoms with E-state index in [0.717, 1.165) is 31.5 Å². The minimum atomic E-state index is 0.627. The summed E-state index contributed by atoms with van der Waals surface area (Å²) < 4.78 is 0. The van der Waals surface area contributed by atoms with Gasteiger partial charge in [0, 0.05) is 32.2 Å². The summed E-state index contributed by atoms with van der Waals surface area (Å²) in [6.45, 7) is 8.89. The Kier molecular flexibility index (Phi) is 5.73. The SMILES string of the molecule is CC(C)CN(CCN(C)C)C(CN)C1CC1. The van der Waals surface area contributed by atoms with Crippen LogP contribution in [0.3, 0.4) is 0 Å². The molecule has 0 amide bonds. The van der Waals surface area contributed by atoms with E-state index < -0.39 is 0 Å². The summed E-state index contributed by atoms with van der Waals surface area (Å²) in [5, 5.41) is 0. The molecule has 1 fully saturated rings. The average molecular weight is 227 g/mol. The molecular formula is C13H29N3. The first kappa shape index (κ1) is 13.9. The van der Waals surface area contributed by atoms with Gasteiger partial charge in [-0.25, -0.2) is 0 Å². The molecule has 1 unspecified atom stereocenters. The third-order valence-corrected chi connectivity index (χ3v) is 3.31. The van der Waals surface area contributed by atoms with E-state index in [9.17, 15) is 0 Å². The molecule has 1 saturated carbocycles. The largest absolute Gasteiger partial charge is 0.329 e. The molecule has 1 aliphatic rings. The fraction of sp³-hybridized carbons (Fsp3) is 1.00. The van der Waals surface area contributed by atoms with Crippen molar-refractivity contribution in [3.63, 3.8) is 0 Å². The van der Waals surface area contributed by atoms with E-state index in [1.807, 2.05) is 0 Å². The molecule has 0 aromatic rings. The molecule has 0 heterocycles. The fourth-order valence-electron chi connectivity index (χ4n) is 2.31. The molecule has 0 saturated heterocycles. The highest BCUT2D eigenvalue weighted by Crippen LogP contribution is 2.35. The molecule has 0 radical (unpaired) electrons. The molecule has 16 heavy (non-hydrogen) atoms. The third-order valence-electron chi connectivity index (χ3n) is 3.31. The lowest BCUT2D eigenvalue weighted by Crippen LogP contribution is -2.46. The van der Waals surface area contributed by atoms with E-state index in [4.69, 9.17) is 5.73 Å². The zero-order valence-corrected chi connectivity index (χ0v) is 11.4. The predicted octanol–water partition coefficient (Wildman–Crippen LogP) is 1.24. The van der Waals surface area contributed by atoms with Crippen molar-refractivity contribution in [2.75, 3.05) is 40.3 Å². The molecule has 3 nitrogen and oxygen atoms in total. The second kappa shape index (κ2) is 6.58. The molecule has 1 aliphatic carbocycles. The molecule has 2 N–H and O–H groups in total. The van der Waals surface area contributed by atoms with Gasteiger partial charge in [0.05, 0.1) is 0 Å². The first-order valence-electron chi connectivity index (χ1n) is 6.63. The number of hydrogen-bond acceptors (Lipinski definition) is 3. The van der Waals surface area contributed by atoms with Crippen LogP contribution in [0.2, 0.25) is 0 Å². The van der Waals surface area contributed by atoms with Crippen molar-refractivity contribution in [2.24, 2.45) is 17.6 Å². The lowest BCUT2D eigenvalue weighted by atomic mass is 10.1. The summed E-state index contributed by atoms with van der Waals surface area (Å²) in [5.41, 5.74) is 5.94. The zero-order valence-electron chi connectivity index (χ0n) is 11.4. The standard InChI is InChI=1S/C13H29N3/c1-11(2)10-16(8-7-15(3)4)13(9-14)12-5-6-12/h11-13H,5-10,14H2,1-4H3. The number of rotatable bonds is 8. The molecule has 3 heteroatoms. The highest BCUT2D eigenvalue weighted by molar-refractivity contribution is 4.89. The van der Waals surface area contributed by atoms with Gasteiger partial charge in [-0.1, -0.05) is 13.8 Å². The van der Waals surface area contributed by atoms with Crippen LogP contribution in [-0.2, 0) is 0 Å². The Hall–Kier alpha value is -0.120. The lowest BCUT2D eigenvalue weighted by Gasteiger charge is -2.33. The van der Waals surface area contributed by atoms with Crippen molar-refractivity contribution in [1.82, 2.24) is 9.80 Å². The maximum Gasteiger partial charge on any atom is 0.0247 e. The van der Waals surface area contributed by atoms with Crippen molar-refractivity contribution in [2.45, 2.75) is 32.7 Å². The van der Waals surface area contributed by atoms with Crippen molar-refractivity contribution in [3.8, 4) is 0 Å². The van der Waals surface area contributed by atoms with Crippen LogP contribution in [0, 0.1) is 11.8 Å². The molecule has 1 atom stereocenters. The van der Waals surface area contributed by atoms with Crippen molar-refractivity contribution < 1.29 is 0 Å². The zero-order chi connectivity index (χ0) is 12.1. The van der Waals surface area contributed by atoms with Gasteiger partial charge in [0.25, 0.3) is 0 Å². The van der Waals surface area contributed by atoms with E-state index in [-0.39, 0.29) is 0 Å². The predicted molar refractivity (Wildman–Crippen MR) is 70.5 cm³/mol. The number of hydrogen-bond donors (Lipinski definition) is 1. The summed E-state index contributed by atoms with van der Waals surface area (Å²) in [5.74, 6) is 1.61. The van der Waals surface area contributed by atoms with Gasteiger partial charge in [-0.2, -0.15) is 0 Å². The van der Waals surface area contributed by atoms with Gasteiger partial charge in [-0.05, 0) is 38.8 Å². The summed E-state index contributed by atoms with van der Waals surface area (Å²) in [4.78, 5) is 4.87.